The molecular weight excluding hydrogens is 539 g/mol. The third-order valence-corrected chi connectivity index (χ3v) is 6.70. The van der Waals surface area contributed by atoms with Crippen molar-refractivity contribution in [2.24, 2.45) is 0 Å². The van der Waals surface area contributed by atoms with E-state index in [0.29, 0.717) is 44.0 Å². The van der Waals surface area contributed by atoms with E-state index in [2.05, 4.69) is 26.0 Å². The van der Waals surface area contributed by atoms with Crippen molar-refractivity contribution in [3.63, 3.8) is 0 Å². The van der Waals surface area contributed by atoms with E-state index in [4.69, 9.17) is 4.52 Å². The summed E-state index contributed by atoms with van der Waals surface area (Å²) in [4.78, 5) is 41.9. The van der Waals surface area contributed by atoms with Gasteiger partial charge in [0.15, 0.2) is 5.82 Å². The maximum atomic E-state index is 14.8. The molecule has 42 heavy (non-hydrogen) atoms. The standard InChI is InChI=1S/C31H39FN6O4/c1-30(2,3)25-18-26(36-42-25)34-29(41)33-24-11-10-22(17-23(24)32)28(40)38-14-12-37(13-15-38)19-20-8-7-9-21(16-20)27(39)35-31(4,5)6/h7-11,16-18H,12-15,19H2,1-6H3,(H,35,39)(H2,33,34,36,41). The van der Waals surface area contributed by atoms with Crippen molar-refractivity contribution in [3.05, 3.63) is 76.8 Å². The molecule has 2 heterocycles. The molecule has 4 amide bonds. The number of piperazine rings is 1. The Labute approximate surface area is 245 Å². The summed E-state index contributed by atoms with van der Waals surface area (Å²) in [7, 11) is 0. The zero-order valence-electron chi connectivity index (χ0n) is 25.0. The first-order valence-corrected chi connectivity index (χ1v) is 14.0. The number of hydrogen-bond acceptors (Lipinski definition) is 6. The number of aromatic nitrogens is 1. The van der Waals surface area contributed by atoms with Crippen LogP contribution in [0.4, 0.5) is 20.7 Å². The van der Waals surface area contributed by atoms with Gasteiger partial charge in [0, 0.05) is 60.9 Å². The van der Waals surface area contributed by atoms with E-state index in [9.17, 15) is 18.8 Å². The molecule has 0 saturated carbocycles. The van der Waals surface area contributed by atoms with Gasteiger partial charge in [0.05, 0.1) is 5.69 Å². The van der Waals surface area contributed by atoms with Gasteiger partial charge in [0.25, 0.3) is 11.8 Å². The number of urea groups is 1. The zero-order valence-corrected chi connectivity index (χ0v) is 25.0. The fourth-order valence-corrected chi connectivity index (χ4v) is 4.48. The van der Waals surface area contributed by atoms with Gasteiger partial charge in [0.2, 0.25) is 0 Å². The molecule has 1 aliphatic rings. The molecule has 0 bridgehead atoms. The molecule has 224 valence electrons. The second kappa shape index (κ2) is 12.3. The largest absolute Gasteiger partial charge is 0.359 e. The summed E-state index contributed by atoms with van der Waals surface area (Å²) in [6, 6.07) is 12.5. The predicted octanol–water partition coefficient (Wildman–Crippen LogP) is 5.24. The molecule has 0 aliphatic carbocycles. The monoisotopic (exact) mass is 578 g/mol. The van der Waals surface area contributed by atoms with Crippen molar-refractivity contribution in [3.8, 4) is 0 Å². The first kappa shape index (κ1) is 30.7. The van der Waals surface area contributed by atoms with Crippen molar-refractivity contribution < 1.29 is 23.3 Å². The maximum absolute atomic E-state index is 14.8. The average molecular weight is 579 g/mol. The number of benzene rings is 2. The normalized spacial score (nSPS) is 14.4. The van der Waals surface area contributed by atoms with Crippen LogP contribution in [0.25, 0.3) is 0 Å². The second-order valence-electron chi connectivity index (χ2n) is 12.6. The fraction of sp³-hybridized carbons (Fsp3) is 0.419. The van der Waals surface area contributed by atoms with Crippen LogP contribution >= 0.6 is 0 Å². The lowest BCUT2D eigenvalue weighted by Crippen LogP contribution is -2.48. The molecule has 3 aromatic rings. The van der Waals surface area contributed by atoms with Crippen LogP contribution in [0.15, 0.2) is 53.1 Å². The van der Waals surface area contributed by atoms with E-state index in [-0.39, 0.29) is 39.8 Å². The van der Waals surface area contributed by atoms with Gasteiger partial charge >= 0.3 is 6.03 Å². The van der Waals surface area contributed by atoms with Crippen LogP contribution in [-0.2, 0) is 12.0 Å². The number of amides is 4. The molecule has 0 atom stereocenters. The van der Waals surface area contributed by atoms with Crippen LogP contribution in [0.1, 0.15) is 73.6 Å². The van der Waals surface area contributed by atoms with Gasteiger partial charge < -0.3 is 20.1 Å². The van der Waals surface area contributed by atoms with Gasteiger partial charge in [-0.3, -0.25) is 19.8 Å². The van der Waals surface area contributed by atoms with Gasteiger partial charge in [-0.05, 0) is 56.7 Å². The van der Waals surface area contributed by atoms with Gasteiger partial charge in [-0.25, -0.2) is 9.18 Å². The van der Waals surface area contributed by atoms with Crippen LogP contribution in [0.3, 0.4) is 0 Å². The topological polar surface area (TPSA) is 120 Å². The molecule has 1 fully saturated rings. The Bertz CT molecular complexity index is 1450. The van der Waals surface area contributed by atoms with Crippen LogP contribution in [0.2, 0.25) is 0 Å². The molecule has 0 unspecified atom stereocenters. The lowest BCUT2D eigenvalue weighted by atomic mass is 9.93. The highest BCUT2D eigenvalue weighted by molar-refractivity contribution is 6.00. The van der Waals surface area contributed by atoms with Gasteiger partial charge in [0.1, 0.15) is 11.6 Å². The maximum Gasteiger partial charge on any atom is 0.325 e. The van der Waals surface area contributed by atoms with Crippen LogP contribution in [0.5, 0.6) is 0 Å². The summed E-state index contributed by atoms with van der Waals surface area (Å²) in [5, 5.41) is 11.8. The first-order valence-electron chi connectivity index (χ1n) is 14.0. The highest BCUT2D eigenvalue weighted by Crippen LogP contribution is 2.25. The van der Waals surface area contributed by atoms with Gasteiger partial charge in [-0.1, -0.05) is 38.1 Å². The van der Waals surface area contributed by atoms with E-state index in [1.165, 1.54) is 12.1 Å². The molecule has 0 radical (unpaired) electrons. The first-order chi connectivity index (χ1) is 19.7. The Morgan fingerprint density at radius 3 is 2.24 bits per heavy atom. The molecule has 1 aromatic heterocycles. The minimum Gasteiger partial charge on any atom is -0.359 e. The lowest BCUT2D eigenvalue weighted by molar-refractivity contribution is 0.0627. The Morgan fingerprint density at radius 2 is 1.62 bits per heavy atom. The quantitative estimate of drug-likeness (QED) is 0.368. The SMILES string of the molecule is CC(C)(C)NC(=O)c1cccc(CN2CCN(C(=O)c3ccc(NC(=O)Nc4cc(C(C)(C)C)on4)c(F)c3)CC2)c1. The van der Waals surface area contributed by atoms with E-state index in [0.717, 1.165) is 11.6 Å². The van der Waals surface area contributed by atoms with Crippen LogP contribution in [0, 0.1) is 5.82 Å². The summed E-state index contributed by atoms with van der Waals surface area (Å²) in [6.07, 6.45) is 0. The Morgan fingerprint density at radius 1 is 0.905 bits per heavy atom. The molecule has 11 heteroatoms. The third kappa shape index (κ3) is 8.16. The van der Waals surface area contributed by atoms with E-state index >= 15 is 0 Å². The fourth-order valence-electron chi connectivity index (χ4n) is 4.48. The summed E-state index contributed by atoms with van der Waals surface area (Å²) in [6.45, 7) is 14.6. The van der Waals surface area contributed by atoms with Crippen molar-refractivity contribution in [2.45, 2.75) is 59.0 Å². The molecule has 0 spiro atoms. The van der Waals surface area contributed by atoms with Gasteiger partial charge in [-0.2, -0.15) is 0 Å². The summed E-state index contributed by atoms with van der Waals surface area (Å²) < 4.78 is 20.1. The number of halogens is 1. The average Bonchev–Trinajstić information content (AvgIpc) is 3.38. The van der Waals surface area contributed by atoms with Gasteiger partial charge in [-0.15, -0.1) is 0 Å². The van der Waals surface area contributed by atoms with Crippen molar-refractivity contribution in [1.29, 1.82) is 0 Å². The highest BCUT2D eigenvalue weighted by Gasteiger charge is 2.24. The number of nitrogens with one attached hydrogen (secondary N) is 3. The molecule has 3 N–H and O–H groups in total. The second-order valence-corrected chi connectivity index (χ2v) is 12.6. The number of nitrogens with zero attached hydrogens (tertiary/aromatic N) is 3. The molecule has 1 saturated heterocycles. The number of rotatable bonds is 6. The van der Waals surface area contributed by atoms with Crippen molar-refractivity contribution >= 4 is 29.4 Å². The number of hydrogen-bond donors (Lipinski definition) is 3. The van der Waals surface area contributed by atoms with Crippen LogP contribution < -0.4 is 16.0 Å². The summed E-state index contributed by atoms with van der Waals surface area (Å²) in [5.74, 6) is -0.299. The van der Waals surface area contributed by atoms with E-state index in [1.54, 1.807) is 17.0 Å². The lowest BCUT2D eigenvalue weighted by Gasteiger charge is -2.35. The number of carbonyl (C=O) groups is 3. The smallest absolute Gasteiger partial charge is 0.325 e. The minimum absolute atomic E-state index is 0.0631. The number of anilines is 2. The van der Waals surface area contributed by atoms with E-state index in [1.807, 2.05) is 59.7 Å². The predicted molar refractivity (Wildman–Crippen MR) is 159 cm³/mol. The summed E-state index contributed by atoms with van der Waals surface area (Å²) in [5.41, 5.74) is 1.18. The number of carbonyl (C=O) groups excluding carboxylic acids is 3. The van der Waals surface area contributed by atoms with Crippen molar-refractivity contribution in [2.75, 3.05) is 36.8 Å². The zero-order chi connectivity index (χ0) is 30.7. The minimum atomic E-state index is -0.722. The van der Waals surface area contributed by atoms with Crippen molar-refractivity contribution in [1.82, 2.24) is 20.3 Å². The van der Waals surface area contributed by atoms with Crippen LogP contribution in [-0.4, -0.2) is 64.5 Å². The Kier molecular flexibility index (Phi) is 9.00. The molecule has 1 aliphatic heterocycles. The Balaban J connectivity index is 1.29. The molecule has 10 nitrogen and oxygen atoms in total. The Hall–Kier alpha value is -4.25. The third-order valence-electron chi connectivity index (χ3n) is 6.70. The van der Waals surface area contributed by atoms with E-state index < -0.39 is 11.8 Å². The molecular formula is C31H39FN6O4. The highest BCUT2D eigenvalue weighted by atomic mass is 19.1. The summed E-state index contributed by atoms with van der Waals surface area (Å²) >= 11 is 0. The molecule has 2 aromatic carbocycles. The molecule has 4 rings (SSSR count).